The molecule has 0 N–H and O–H groups in total. The maximum Gasteiger partial charge on any atom is 0.238 e. The molecular weight excluding hydrogens is 314 g/mol. The van der Waals surface area contributed by atoms with Gasteiger partial charge in [-0.15, -0.1) is 10.2 Å². The van der Waals surface area contributed by atoms with Crippen LogP contribution in [0, 0.1) is 11.3 Å². The van der Waals surface area contributed by atoms with Gasteiger partial charge in [-0.2, -0.15) is 5.26 Å². The Bertz CT molecular complexity index is 668. The minimum Gasteiger partial charge on any atom is -0.383 e. The van der Waals surface area contributed by atoms with Gasteiger partial charge in [-0.05, 0) is 12.1 Å². The van der Waals surface area contributed by atoms with E-state index in [-0.39, 0.29) is 18.2 Å². The molecule has 1 aromatic heterocycles. The van der Waals surface area contributed by atoms with Crippen LogP contribution >= 0.6 is 11.8 Å². The lowest BCUT2D eigenvalue weighted by molar-refractivity contribution is -0.116. The van der Waals surface area contributed by atoms with Crippen molar-refractivity contribution in [1.29, 1.82) is 5.26 Å². The fourth-order valence-corrected chi connectivity index (χ4v) is 2.72. The molecule has 2 rings (SSSR count). The fraction of sp³-hybridized carbons (Fsp3) is 0.333. The molecule has 1 heterocycles. The Morgan fingerprint density at radius 3 is 2.91 bits per heavy atom. The number of hydrogen-bond acceptors (Lipinski definition) is 6. The molecule has 0 bridgehead atoms. The molecule has 0 fully saturated rings. The predicted octanol–water partition coefficient (Wildman–Crippen LogP) is 1.57. The van der Waals surface area contributed by atoms with Gasteiger partial charge < -0.3 is 9.30 Å². The van der Waals surface area contributed by atoms with E-state index in [1.807, 2.05) is 28.8 Å². The summed E-state index contributed by atoms with van der Waals surface area (Å²) in [6, 6.07) is 11.2. The van der Waals surface area contributed by atoms with Crippen molar-refractivity contribution in [2.24, 2.45) is 0 Å². The Hall–Kier alpha value is -2.37. The lowest BCUT2D eigenvalue weighted by Gasteiger charge is -2.19. The Morgan fingerprint density at radius 1 is 1.43 bits per heavy atom. The van der Waals surface area contributed by atoms with Crippen LogP contribution in [0.3, 0.4) is 0 Å². The number of ether oxygens (including phenoxy) is 1. The molecule has 23 heavy (non-hydrogen) atoms. The number of nitrogens with zero attached hydrogens (tertiary/aromatic N) is 5. The van der Waals surface area contributed by atoms with Gasteiger partial charge in [0.25, 0.3) is 0 Å². The minimum absolute atomic E-state index is 0.0137. The number of hydrogen-bond donors (Lipinski definition) is 0. The summed E-state index contributed by atoms with van der Waals surface area (Å²) in [6.45, 7) is 1.19. The monoisotopic (exact) mass is 331 g/mol. The molecule has 1 amide bonds. The van der Waals surface area contributed by atoms with Crippen LogP contribution in [0.4, 0.5) is 5.69 Å². The van der Waals surface area contributed by atoms with Crippen molar-refractivity contribution in [3.8, 4) is 6.07 Å². The molecule has 0 saturated carbocycles. The van der Waals surface area contributed by atoms with Crippen LogP contribution in [-0.4, -0.2) is 46.7 Å². The van der Waals surface area contributed by atoms with E-state index in [9.17, 15) is 4.79 Å². The molecular formula is C15H17N5O2S. The van der Waals surface area contributed by atoms with E-state index < -0.39 is 0 Å². The highest BCUT2D eigenvalue weighted by atomic mass is 32.2. The van der Waals surface area contributed by atoms with Gasteiger partial charge in [-0.3, -0.25) is 9.69 Å². The van der Waals surface area contributed by atoms with E-state index in [0.717, 1.165) is 0 Å². The zero-order valence-corrected chi connectivity index (χ0v) is 13.6. The molecule has 0 aliphatic carbocycles. The van der Waals surface area contributed by atoms with Crippen LogP contribution in [0.15, 0.2) is 41.8 Å². The van der Waals surface area contributed by atoms with Crippen LogP contribution in [-0.2, 0) is 16.1 Å². The number of thioether (sulfide) groups is 1. The Balaban J connectivity index is 2.00. The average molecular weight is 331 g/mol. The fourth-order valence-electron chi connectivity index (χ4n) is 1.91. The standard InChI is InChI=1S/C15H17N5O2S/c1-22-10-9-19-12-17-18-15(19)23-11-14(21)20(8-7-16)13-5-3-2-4-6-13/h2-6,12H,8-11H2,1H3. The van der Waals surface area contributed by atoms with E-state index in [1.54, 1.807) is 25.6 Å². The van der Waals surface area contributed by atoms with Gasteiger partial charge in [0.15, 0.2) is 5.16 Å². The number of carbonyl (C=O) groups is 1. The molecule has 0 radical (unpaired) electrons. The van der Waals surface area contributed by atoms with Gasteiger partial charge in [0.2, 0.25) is 5.91 Å². The molecule has 0 aliphatic heterocycles. The van der Waals surface area contributed by atoms with Crippen molar-refractivity contribution in [3.63, 3.8) is 0 Å². The molecule has 0 unspecified atom stereocenters. The molecule has 0 saturated heterocycles. The van der Waals surface area contributed by atoms with Gasteiger partial charge in [0.05, 0.1) is 18.4 Å². The SMILES string of the molecule is COCCn1cnnc1SCC(=O)N(CC#N)c1ccccc1. The van der Waals surface area contributed by atoms with Gasteiger partial charge in [0.1, 0.15) is 12.9 Å². The number of aromatic nitrogens is 3. The summed E-state index contributed by atoms with van der Waals surface area (Å²) in [5, 5.41) is 17.5. The lowest BCUT2D eigenvalue weighted by Crippen LogP contribution is -2.32. The number of carbonyl (C=O) groups excluding carboxylic acids is 1. The summed E-state index contributed by atoms with van der Waals surface area (Å²) in [4.78, 5) is 13.9. The van der Waals surface area contributed by atoms with E-state index in [4.69, 9.17) is 10.00 Å². The predicted molar refractivity (Wildman–Crippen MR) is 87.0 cm³/mol. The van der Waals surface area contributed by atoms with Crippen LogP contribution in [0.25, 0.3) is 0 Å². The zero-order valence-electron chi connectivity index (χ0n) is 12.8. The van der Waals surface area contributed by atoms with Crippen molar-refractivity contribution < 1.29 is 9.53 Å². The van der Waals surface area contributed by atoms with Crippen molar-refractivity contribution in [2.75, 3.05) is 30.9 Å². The molecule has 8 heteroatoms. The van der Waals surface area contributed by atoms with Gasteiger partial charge >= 0.3 is 0 Å². The second-order valence-corrected chi connectivity index (χ2v) is 5.50. The summed E-state index contributed by atoms with van der Waals surface area (Å²) >= 11 is 1.29. The Labute approximate surface area is 138 Å². The molecule has 120 valence electrons. The quantitative estimate of drug-likeness (QED) is 0.539. The maximum absolute atomic E-state index is 12.4. The van der Waals surface area contributed by atoms with E-state index >= 15 is 0 Å². The number of rotatable bonds is 8. The van der Waals surface area contributed by atoms with E-state index in [2.05, 4.69) is 10.2 Å². The normalized spacial score (nSPS) is 10.3. The van der Waals surface area contributed by atoms with Crippen molar-refractivity contribution >= 4 is 23.4 Å². The highest BCUT2D eigenvalue weighted by molar-refractivity contribution is 7.99. The van der Waals surface area contributed by atoms with Gasteiger partial charge in [-0.1, -0.05) is 30.0 Å². The third kappa shape index (κ3) is 4.81. The van der Waals surface area contributed by atoms with Gasteiger partial charge in [-0.25, -0.2) is 0 Å². The van der Waals surface area contributed by atoms with E-state index in [1.165, 1.54) is 16.7 Å². The van der Waals surface area contributed by atoms with Crippen LogP contribution in [0.5, 0.6) is 0 Å². The largest absolute Gasteiger partial charge is 0.383 e. The molecule has 2 aromatic rings. The zero-order chi connectivity index (χ0) is 16.5. The Kier molecular flexibility index (Phi) is 6.59. The van der Waals surface area contributed by atoms with Crippen LogP contribution in [0.2, 0.25) is 0 Å². The first-order valence-corrected chi connectivity index (χ1v) is 7.96. The molecule has 0 atom stereocenters. The molecule has 1 aromatic carbocycles. The van der Waals surface area contributed by atoms with Crippen molar-refractivity contribution in [1.82, 2.24) is 14.8 Å². The highest BCUT2D eigenvalue weighted by Gasteiger charge is 2.17. The summed E-state index contributed by atoms with van der Waals surface area (Å²) in [6.07, 6.45) is 1.61. The highest BCUT2D eigenvalue weighted by Crippen LogP contribution is 2.18. The number of nitriles is 1. The van der Waals surface area contributed by atoms with Crippen LogP contribution < -0.4 is 4.90 Å². The van der Waals surface area contributed by atoms with Crippen molar-refractivity contribution in [3.05, 3.63) is 36.7 Å². The topological polar surface area (TPSA) is 84.0 Å². The Morgan fingerprint density at radius 2 is 2.22 bits per heavy atom. The average Bonchev–Trinajstić information content (AvgIpc) is 3.04. The third-order valence-corrected chi connectivity index (χ3v) is 4.00. The van der Waals surface area contributed by atoms with Crippen molar-refractivity contribution in [2.45, 2.75) is 11.7 Å². The smallest absolute Gasteiger partial charge is 0.238 e. The first-order chi connectivity index (χ1) is 11.3. The summed E-state index contributed by atoms with van der Waals surface area (Å²) < 4.78 is 6.86. The number of amides is 1. The second-order valence-electron chi connectivity index (χ2n) is 4.56. The van der Waals surface area contributed by atoms with E-state index in [0.29, 0.717) is 24.0 Å². The number of methoxy groups -OCH3 is 1. The third-order valence-electron chi connectivity index (χ3n) is 3.04. The number of benzene rings is 1. The molecule has 0 aliphatic rings. The summed E-state index contributed by atoms with van der Waals surface area (Å²) in [5.74, 6) is 0.0338. The molecule has 0 spiro atoms. The minimum atomic E-state index is -0.149. The number of anilines is 1. The molecule has 7 nitrogen and oxygen atoms in total. The number of para-hydroxylation sites is 1. The summed E-state index contributed by atoms with van der Waals surface area (Å²) in [7, 11) is 1.63. The first-order valence-electron chi connectivity index (χ1n) is 6.98. The first kappa shape index (κ1) is 17.0. The second kappa shape index (κ2) is 8.92. The van der Waals surface area contributed by atoms with Crippen LogP contribution in [0.1, 0.15) is 0 Å². The van der Waals surface area contributed by atoms with Gasteiger partial charge in [0, 0.05) is 19.3 Å². The lowest BCUT2D eigenvalue weighted by atomic mass is 10.3. The maximum atomic E-state index is 12.4. The summed E-state index contributed by atoms with van der Waals surface area (Å²) in [5.41, 5.74) is 0.709.